The number of anilines is 1. The molecule has 0 fully saturated rings. The Labute approximate surface area is 126 Å². The standard InChI is InChI=1S/C13H14N2O6S/c1-19-8-3-4-11(20-2)10(5-8)15-22(17,18)9-6-12(13(14)16)21-7-9/h3-7,15H,1-2H3,(H2,14,16). The van der Waals surface area contributed by atoms with Crippen LogP contribution >= 0.6 is 0 Å². The van der Waals surface area contributed by atoms with Crippen LogP contribution in [0.5, 0.6) is 11.5 Å². The molecule has 1 heterocycles. The molecule has 1 aromatic heterocycles. The number of rotatable bonds is 6. The van der Waals surface area contributed by atoms with Gasteiger partial charge in [0.1, 0.15) is 22.7 Å². The highest BCUT2D eigenvalue weighted by Gasteiger charge is 2.21. The monoisotopic (exact) mass is 326 g/mol. The molecule has 0 aliphatic rings. The molecular weight excluding hydrogens is 312 g/mol. The van der Waals surface area contributed by atoms with Crippen molar-refractivity contribution in [1.82, 2.24) is 0 Å². The van der Waals surface area contributed by atoms with Gasteiger partial charge < -0.3 is 19.6 Å². The number of carbonyl (C=O) groups excluding carboxylic acids is 1. The number of sulfonamides is 1. The molecule has 0 spiro atoms. The lowest BCUT2D eigenvalue weighted by molar-refractivity contribution is 0.0974. The molecule has 8 nitrogen and oxygen atoms in total. The highest BCUT2D eigenvalue weighted by atomic mass is 32.2. The van der Waals surface area contributed by atoms with E-state index in [9.17, 15) is 13.2 Å². The molecule has 0 unspecified atom stereocenters. The van der Waals surface area contributed by atoms with Gasteiger partial charge in [-0.05, 0) is 12.1 Å². The highest BCUT2D eigenvalue weighted by molar-refractivity contribution is 7.92. The van der Waals surface area contributed by atoms with Crippen molar-refractivity contribution < 1.29 is 27.1 Å². The lowest BCUT2D eigenvalue weighted by Gasteiger charge is -2.12. The van der Waals surface area contributed by atoms with Gasteiger partial charge in [-0.1, -0.05) is 0 Å². The molecule has 9 heteroatoms. The van der Waals surface area contributed by atoms with E-state index in [0.717, 1.165) is 12.3 Å². The quantitative estimate of drug-likeness (QED) is 0.822. The summed E-state index contributed by atoms with van der Waals surface area (Å²) in [4.78, 5) is 10.7. The Morgan fingerprint density at radius 1 is 1.23 bits per heavy atom. The third-order valence-corrected chi connectivity index (χ3v) is 4.10. The zero-order chi connectivity index (χ0) is 16.3. The van der Waals surface area contributed by atoms with E-state index in [1.165, 1.54) is 20.3 Å². The zero-order valence-electron chi connectivity index (χ0n) is 11.8. The van der Waals surface area contributed by atoms with Crippen LogP contribution in [0.25, 0.3) is 0 Å². The number of ether oxygens (including phenoxy) is 2. The fourth-order valence-electron chi connectivity index (χ4n) is 1.69. The number of primary amides is 1. The Balaban J connectivity index is 2.37. The van der Waals surface area contributed by atoms with Crippen molar-refractivity contribution in [3.63, 3.8) is 0 Å². The fourth-order valence-corrected chi connectivity index (χ4v) is 2.69. The van der Waals surface area contributed by atoms with E-state index in [2.05, 4.69) is 4.72 Å². The number of amides is 1. The SMILES string of the molecule is COc1ccc(OC)c(NS(=O)(=O)c2coc(C(N)=O)c2)c1. The molecule has 118 valence electrons. The molecule has 1 amide bonds. The minimum absolute atomic E-state index is 0.184. The Kier molecular flexibility index (Phi) is 4.27. The van der Waals surface area contributed by atoms with Gasteiger partial charge >= 0.3 is 0 Å². The second kappa shape index (κ2) is 5.98. The van der Waals surface area contributed by atoms with E-state index < -0.39 is 15.9 Å². The number of hydrogen-bond donors (Lipinski definition) is 2. The molecule has 0 atom stereocenters. The minimum Gasteiger partial charge on any atom is -0.497 e. The first-order chi connectivity index (χ1) is 10.4. The molecule has 22 heavy (non-hydrogen) atoms. The van der Waals surface area contributed by atoms with E-state index in [1.54, 1.807) is 12.1 Å². The summed E-state index contributed by atoms with van der Waals surface area (Å²) in [6.07, 6.45) is 0.926. The number of carbonyl (C=O) groups is 1. The van der Waals surface area contributed by atoms with Gasteiger partial charge in [0.25, 0.3) is 15.9 Å². The number of nitrogens with two attached hydrogens (primary N) is 1. The number of hydrogen-bond acceptors (Lipinski definition) is 6. The largest absolute Gasteiger partial charge is 0.497 e. The summed E-state index contributed by atoms with van der Waals surface area (Å²) >= 11 is 0. The zero-order valence-corrected chi connectivity index (χ0v) is 12.6. The summed E-state index contributed by atoms with van der Waals surface area (Å²) in [5.41, 5.74) is 5.21. The molecule has 1 aromatic carbocycles. The molecule has 0 radical (unpaired) electrons. The molecule has 0 aliphatic carbocycles. The van der Waals surface area contributed by atoms with Crippen molar-refractivity contribution in [2.45, 2.75) is 4.90 Å². The van der Waals surface area contributed by atoms with Gasteiger partial charge in [-0.15, -0.1) is 0 Å². The van der Waals surface area contributed by atoms with Crippen LogP contribution < -0.4 is 19.9 Å². The fraction of sp³-hybridized carbons (Fsp3) is 0.154. The molecule has 0 saturated heterocycles. The molecule has 0 bridgehead atoms. The first-order valence-electron chi connectivity index (χ1n) is 6.00. The summed E-state index contributed by atoms with van der Waals surface area (Å²) in [6.45, 7) is 0. The smallest absolute Gasteiger partial charge is 0.284 e. The van der Waals surface area contributed by atoms with Gasteiger partial charge in [-0.3, -0.25) is 9.52 Å². The Morgan fingerprint density at radius 2 is 1.95 bits per heavy atom. The van der Waals surface area contributed by atoms with Crippen LogP contribution in [0.15, 0.2) is 39.8 Å². The topological polar surface area (TPSA) is 121 Å². The van der Waals surface area contributed by atoms with Crippen LogP contribution in [0.2, 0.25) is 0 Å². The van der Waals surface area contributed by atoms with Crippen LogP contribution in [-0.2, 0) is 10.0 Å². The summed E-state index contributed by atoms with van der Waals surface area (Å²) in [7, 11) is -1.11. The third kappa shape index (κ3) is 3.14. The van der Waals surface area contributed by atoms with E-state index in [0.29, 0.717) is 11.5 Å². The van der Waals surface area contributed by atoms with Crippen molar-refractivity contribution >= 4 is 21.6 Å². The predicted molar refractivity (Wildman–Crippen MR) is 77.6 cm³/mol. The van der Waals surface area contributed by atoms with Gasteiger partial charge in [0, 0.05) is 12.1 Å². The highest BCUT2D eigenvalue weighted by Crippen LogP contribution is 2.31. The summed E-state index contributed by atoms with van der Waals surface area (Å²) in [5.74, 6) is -0.357. The number of benzene rings is 1. The van der Waals surface area contributed by atoms with Crippen LogP contribution in [0.3, 0.4) is 0 Å². The molecule has 0 saturated carbocycles. The van der Waals surface area contributed by atoms with Crippen molar-refractivity contribution in [1.29, 1.82) is 0 Å². The Hall–Kier alpha value is -2.68. The second-order valence-electron chi connectivity index (χ2n) is 4.18. The van der Waals surface area contributed by atoms with E-state index in [4.69, 9.17) is 19.6 Å². The van der Waals surface area contributed by atoms with Crippen molar-refractivity contribution in [3.05, 3.63) is 36.3 Å². The molecule has 0 aliphatic heterocycles. The minimum atomic E-state index is -3.97. The van der Waals surface area contributed by atoms with E-state index in [1.807, 2.05) is 0 Å². The normalized spacial score (nSPS) is 11.0. The van der Waals surface area contributed by atoms with Crippen LogP contribution in [0.4, 0.5) is 5.69 Å². The van der Waals surface area contributed by atoms with Crippen molar-refractivity contribution in [2.75, 3.05) is 18.9 Å². The van der Waals surface area contributed by atoms with Crippen LogP contribution in [0, 0.1) is 0 Å². The molecule has 3 N–H and O–H groups in total. The maximum absolute atomic E-state index is 12.3. The maximum atomic E-state index is 12.3. The third-order valence-electron chi connectivity index (χ3n) is 2.78. The van der Waals surface area contributed by atoms with Gasteiger partial charge in [-0.25, -0.2) is 8.42 Å². The second-order valence-corrected chi connectivity index (χ2v) is 5.87. The molecular formula is C13H14N2O6S. The average molecular weight is 326 g/mol. The van der Waals surface area contributed by atoms with Gasteiger partial charge in [0.05, 0.1) is 19.9 Å². The van der Waals surface area contributed by atoms with Crippen LogP contribution in [-0.4, -0.2) is 28.5 Å². The molecule has 2 rings (SSSR count). The maximum Gasteiger partial charge on any atom is 0.284 e. The lowest BCUT2D eigenvalue weighted by Crippen LogP contribution is -2.13. The van der Waals surface area contributed by atoms with Crippen molar-refractivity contribution in [3.8, 4) is 11.5 Å². The summed E-state index contributed by atoms with van der Waals surface area (Å²) in [6, 6.07) is 5.68. The molecule has 2 aromatic rings. The summed E-state index contributed by atoms with van der Waals surface area (Å²) < 4.78 is 41.8. The Morgan fingerprint density at radius 3 is 2.50 bits per heavy atom. The average Bonchev–Trinajstić information content (AvgIpc) is 2.97. The predicted octanol–water partition coefficient (Wildman–Crippen LogP) is 1.20. The van der Waals surface area contributed by atoms with Crippen LogP contribution in [0.1, 0.15) is 10.6 Å². The van der Waals surface area contributed by atoms with Gasteiger partial charge in [0.15, 0.2) is 5.76 Å². The van der Waals surface area contributed by atoms with Crippen molar-refractivity contribution in [2.24, 2.45) is 5.73 Å². The first-order valence-corrected chi connectivity index (χ1v) is 7.49. The van der Waals surface area contributed by atoms with Gasteiger partial charge in [-0.2, -0.15) is 0 Å². The van der Waals surface area contributed by atoms with E-state index >= 15 is 0 Å². The first kappa shape index (κ1) is 15.7. The Bertz CT molecular complexity index is 797. The summed E-state index contributed by atoms with van der Waals surface area (Å²) in [5, 5.41) is 0. The van der Waals surface area contributed by atoms with E-state index in [-0.39, 0.29) is 16.3 Å². The number of methoxy groups -OCH3 is 2. The van der Waals surface area contributed by atoms with Gasteiger partial charge in [0.2, 0.25) is 0 Å². The number of nitrogens with one attached hydrogen (secondary N) is 1. The lowest BCUT2D eigenvalue weighted by atomic mass is 10.3. The number of furan rings is 1.